The summed E-state index contributed by atoms with van der Waals surface area (Å²) in [5, 5.41) is 2.64. The molecule has 0 radical (unpaired) electrons. The van der Waals surface area contributed by atoms with Gasteiger partial charge in [0, 0.05) is 16.1 Å². The summed E-state index contributed by atoms with van der Waals surface area (Å²) in [6.07, 6.45) is 5.82. The number of nitrogens with two attached hydrogens (primary N) is 1. The lowest BCUT2D eigenvalue weighted by Gasteiger charge is -2.14. The van der Waals surface area contributed by atoms with Gasteiger partial charge in [-0.15, -0.1) is 0 Å². The Morgan fingerprint density at radius 1 is 1.07 bits per heavy atom. The molecule has 4 nitrogen and oxygen atoms in total. The van der Waals surface area contributed by atoms with Crippen molar-refractivity contribution in [1.82, 2.24) is 4.98 Å². The Morgan fingerprint density at radius 2 is 1.78 bits per heavy atom. The molecule has 1 fully saturated rings. The SMILES string of the molecule is NC(=O)c1cc2ccc(Oc3ccc(Cl)cc3)cc2c(CC2CCCC2)n1. The smallest absolute Gasteiger partial charge is 0.267 e. The Morgan fingerprint density at radius 3 is 2.48 bits per heavy atom. The van der Waals surface area contributed by atoms with Crippen LogP contribution in [-0.4, -0.2) is 10.9 Å². The van der Waals surface area contributed by atoms with Crippen molar-refractivity contribution >= 4 is 28.3 Å². The number of hydrogen-bond donors (Lipinski definition) is 1. The summed E-state index contributed by atoms with van der Waals surface area (Å²) in [6.45, 7) is 0. The first-order chi connectivity index (χ1) is 13.1. The van der Waals surface area contributed by atoms with E-state index in [9.17, 15) is 4.79 Å². The molecule has 2 N–H and O–H groups in total. The van der Waals surface area contributed by atoms with E-state index in [1.54, 1.807) is 18.2 Å². The van der Waals surface area contributed by atoms with E-state index >= 15 is 0 Å². The maximum Gasteiger partial charge on any atom is 0.267 e. The third-order valence-corrected chi connectivity index (χ3v) is 5.39. The van der Waals surface area contributed by atoms with Crippen LogP contribution in [0.5, 0.6) is 11.5 Å². The Balaban J connectivity index is 1.72. The van der Waals surface area contributed by atoms with Crippen molar-refractivity contribution in [2.24, 2.45) is 11.7 Å². The number of pyridine rings is 1. The normalized spacial score (nSPS) is 14.6. The molecule has 0 bridgehead atoms. The molecule has 138 valence electrons. The summed E-state index contributed by atoms with van der Waals surface area (Å²) in [5.41, 5.74) is 6.74. The molecule has 1 amide bonds. The quantitative estimate of drug-likeness (QED) is 0.634. The molecule has 1 heterocycles. The maximum atomic E-state index is 11.7. The molecule has 0 aliphatic heterocycles. The van der Waals surface area contributed by atoms with Crippen molar-refractivity contribution in [1.29, 1.82) is 0 Å². The number of primary amides is 1. The van der Waals surface area contributed by atoms with Gasteiger partial charge >= 0.3 is 0 Å². The fourth-order valence-corrected chi connectivity index (χ4v) is 3.89. The van der Waals surface area contributed by atoms with Gasteiger partial charge in [-0.3, -0.25) is 4.79 Å². The number of hydrogen-bond acceptors (Lipinski definition) is 3. The third kappa shape index (κ3) is 4.06. The van der Waals surface area contributed by atoms with Gasteiger partial charge < -0.3 is 10.5 Å². The second-order valence-electron chi connectivity index (χ2n) is 7.11. The lowest BCUT2D eigenvalue weighted by molar-refractivity contribution is 0.0995. The van der Waals surface area contributed by atoms with Crippen LogP contribution in [0.4, 0.5) is 0 Å². The molecule has 1 aromatic heterocycles. The standard InChI is InChI=1S/C22H21ClN2O2/c23-16-6-9-17(10-7-16)27-18-8-5-15-12-21(22(24)26)25-20(19(15)13-18)11-14-3-1-2-4-14/h5-10,12-14H,1-4,11H2,(H2,24,26). The van der Waals surface area contributed by atoms with E-state index in [0.717, 1.165) is 34.4 Å². The molecule has 2 aromatic carbocycles. The number of fused-ring (bicyclic) bond motifs is 1. The molecular weight excluding hydrogens is 360 g/mol. The maximum absolute atomic E-state index is 11.7. The number of carbonyl (C=O) groups excluding carboxylic acids is 1. The fourth-order valence-electron chi connectivity index (χ4n) is 3.77. The largest absolute Gasteiger partial charge is 0.457 e. The van der Waals surface area contributed by atoms with Crippen LogP contribution in [-0.2, 0) is 6.42 Å². The predicted molar refractivity (Wildman–Crippen MR) is 107 cm³/mol. The Labute approximate surface area is 163 Å². The number of nitrogens with zero attached hydrogens (tertiary/aromatic N) is 1. The van der Waals surface area contributed by atoms with Crippen LogP contribution in [0.25, 0.3) is 10.8 Å². The number of carbonyl (C=O) groups is 1. The highest BCUT2D eigenvalue weighted by atomic mass is 35.5. The number of aromatic nitrogens is 1. The summed E-state index contributed by atoms with van der Waals surface area (Å²) in [7, 11) is 0. The number of benzene rings is 2. The van der Waals surface area contributed by atoms with E-state index in [0.29, 0.717) is 16.6 Å². The van der Waals surface area contributed by atoms with Gasteiger partial charge in [-0.2, -0.15) is 0 Å². The summed E-state index contributed by atoms with van der Waals surface area (Å²) in [5.74, 6) is 1.57. The van der Waals surface area contributed by atoms with Crippen molar-refractivity contribution in [2.75, 3.05) is 0 Å². The first-order valence-corrected chi connectivity index (χ1v) is 9.63. The molecule has 1 aliphatic rings. The number of ether oxygens (including phenoxy) is 1. The van der Waals surface area contributed by atoms with E-state index in [1.165, 1.54) is 25.7 Å². The highest BCUT2D eigenvalue weighted by Crippen LogP contribution is 2.32. The summed E-state index contributed by atoms with van der Waals surface area (Å²) >= 11 is 5.93. The summed E-state index contributed by atoms with van der Waals surface area (Å²) in [4.78, 5) is 16.3. The lowest BCUT2D eigenvalue weighted by Crippen LogP contribution is -2.15. The molecule has 0 saturated heterocycles. The first-order valence-electron chi connectivity index (χ1n) is 9.25. The van der Waals surface area contributed by atoms with E-state index < -0.39 is 5.91 Å². The monoisotopic (exact) mass is 380 g/mol. The first kappa shape index (κ1) is 17.8. The summed E-state index contributed by atoms with van der Waals surface area (Å²) < 4.78 is 5.97. The molecule has 27 heavy (non-hydrogen) atoms. The Kier molecular flexibility index (Phi) is 4.99. The van der Waals surface area contributed by atoms with Gasteiger partial charge in [-0.25, -0.2) is 4.98 Å². The van der Waals surface area contributed by atoms with Crippen molar-refractivity contribution < 1.29 is 9.53 Å². The molecule has 1 saturated carbocycles. The minimum absolute atomic E-state index is 0.321. The third-order valence-electron chi connectivity index (χ3n) is 5.14. The molecule has 1 aliphatic carbocycles. The fraction of sp³-hybridized carbons (Fsp3) is 0.273. The van der Waals surface area contributed by atoms with E-state index in [1.807, 2.05) is 30.3 Å². The van der Waals surface area contributed by atoms with Gasteiger partial charge in [0.05, 0.1) is 0 Å². The number of rotatable bonds is 5. The van der Waals surface area contributed by atoms with Crippen LogP contribution in [0.1, 0.15) is 41.9 Å². The molecule has 3 aromatic rings. The second kappa shape index (κ2) is 7.57. The van der Waals surface area contributed by atoms with Gasteiger partial charge in [0.1, 0.15) is 17.2 Å². The van der Waals surface area contributed by atoms with Crippen LogP contribution >= 0.6 is 11.6 Å². The van der Waals surface area contributed by atoms with Crippen molar-refractivity contribution in [3.8, 4) is 11.5 Å². The van der Waals surface area contributed by atoms with Gasteiger partial charge in [0.2, 0.25) is 0 Å². The van der Waals surface area contributed by atoms with Crippen molar-refractivity contribution in [3.05, 3.63) is 64.9 Å². The average Bonchev–Trinajstić information content (AvgIpc) is 3.17. The van der Waals surface area contributed by atoms with Crippen molar-refractivity contribution in [2.45, 2.75) is 32.1 Å². The molecule has 0 spiro atoms. The van der Waals surface area contributed by atoms with Crippen molar-refractivity contribution in [3.63, 3.8) is 0 Å². The highest BCUT2D eigenvalue weighted by molar-refractivity contribution is 6.30. The molecule has 4 rings (SSSR count). The second-order valence-corrected chi connectivity index (χ2v) is 7.55. The van der Waals surface area contributed by atoms with Crippen LogP contribution in [0.2, 0.25) is 5.02 Å². The van der Waals surface area contributed by atoms with Crippen LogP contribution in [0, 0.1) is 5.92 Å². The minimum atomic E-state index is -0.494. The molecule has 0 unspecified atom stereocenters. The highest BCUT2D eigenvalue weighted by Gasteiger charge is 2.19. The number of amides is 1. The Bertz CT molecular complexity index is 980. The van der Waals surface area contributed by atoms with Gasteiger partial charge in [0.25, 0.3) is 5.91 Å². The molecule has 5 heteroatoms. The summed E-state index contributed by atoms with van der Waals surface area (Å²) in [6, 6.07) is 14.8. The zero-order chi connectivity index (χ0) is 18.8. The van der Waals surface area contributed by atoms with Crippen LogP contribution in [0.15, 0.2) is 48.5 Å². The zero-order valence-corrected chi connectivity index (χ0v) is 15.7. The minimum Gasteiger partial charge on any atom is -0.457 e. The van der Waals surface area contributed by atoms with E-state index in [2.05, 4.69) is 4.98 Å². The molecular formula is C22H21ClN2O2. The van der Waals surface area contributed by atoms with E-state index in [-0.39, 0.29) is 0 Å². The Hall–Kier alpha value is -2.59. The van der Waals surface area contributed by atoms with Crippen LogP contribution in [0.3, 0.4) is 0 Å². The average molecular weight is 381 g/mol. The van der Waals surface area contributed by atoms with Gasteiger partial charge in [0.15, 0.2) is 0 Å². The topological polar surface area (TPSA) is 65.2 Å². The molecule has 0 atom stereocenters. The lowest BCUT2D eigenvalue weighted by atomic mass is 9.97. The van der Waals surface area contributed by atoms with Crippen LogP contribution < -0.4 is 10.5 Å². The van der Waals surface area contributed by atoms with E-state index in [4.69, 9.17) is 22.1 Å². The van der Waals surface area contributed by atoms with Gasteiger partial charge in [-0.05, 0) is 60.2 Å². The predicted octanol–water partition coefficient (Wildman–Crippen LogP) is 5.51. The van der Waals surface area contributed by atoms with Gasteiger partial charge in [-0.1, -0.05) is 43.4 Å². The zero-order valence-electron chi connectivity index (χ0n) is 15.0. The number of halogens is 1.